The summed E-state index contributed by atoms with van der Waals surface area (Å²) < 4.78 is 25.9. The van der Waals surface area contributed by atoms with Gasteiger partial charge in [-0.2, -0.15) is 0 Å². The van der Waals surface area contributed by atoms with E-state index in [1.165, 1.54) is 5.39 Å². The Hall–Kier alpha value is -2.11. The Kier molecular flexibility index (Phi) is 4.24. The van der Waals surface area contributed by atoms with E-state index in [1.807, 2.05) is 30.5 Å². The van der Waals surface area contributed by atoms with Gasteiger partial charge in [0.05, 0.1) is 4.90 Å². The summed E-state index contributed by atoms with van der Waals surface area (Å²) in [7, 11) is -3.72. The number of rotatable bonds is 5. The van der Waals surface area contributed by atoms with Gasteiger partial charge in [0.15, 0.2) is 0 Å². The summed E-state index contributed by atoms with van der Waals surface area (Å²) >= 11 is 0. The molecular formula is C18H20N2O2S. The van der Waals surface area contributed by atoms with E-state index < -0.39 is 10.0 Å². The molecule has 23 heavy (non-hydrogen) atoms. The molecule has 0 amide bonds. The Balaban J connectivity index is 2.02. The fourth-order valence-electron chi connectivity index (χ4n) is 3.06. The van der Waals surface area contributed by atoms with Crippen LogP contribution in [-0.4, -0.2) is 13.0 Å². The van der Waals surface area contributed by atoms with Gasteiger partial charge in [-0.05, 0) is 35.6 Å². The standard InChI is InChI=1S/C18H20N2O2S/c1-2-14(16-8-4-6-10-18(16)23(19,21)22)13-20-12-11-15-7-3-5-9-17(15)20/h3-12,14H,2,13H2,1H3,(H2,19,21,22)/t14-/m1/s1. The molecule has 3 rings (SSSR count). The van der Waals surface area contributed by atoms with E-state index >= 15 is 0 Å². The van der Waals surface area contributed by atoms with E-state index in [1.54, 1.807) is 12.1 Å². The van der Waals surface area contributed by atoms with E-state index in [4.69, 9.17) is 5.14 Å². The molecule has 0 unspecified atom stereocenters. The topological polar surface area (TPSA) is 65.1 Å². The van der Waals surface area contributed by atoms with Crippen molar-refractivity contribution in [2.75, 3.05) is 0 Å². The minimum Gasteiger partial charge on any atom is -0.347 e. The Bertz CT molecular complexity index is 929. The molecule has 0 bridgehead atoms. The molecule has 3 aromatic rings. The molecule has 4 nitrogen and oxygen atoms in total. The van der Waals surface area contributed by atoms with Crippen LogP contribution in [0.2, 0.25) is 0 Å². The molecule has 1 aromatic heterocycles. The largest absolute Gasteiger partial charge is 0.347 e. The summed E-state index contributed by atoms with van der Waals surface area (Å²) in [5.74, 6) is 0.0836. The van der Waals surface area contributed by atoms with Gasteiger partial charge in [0.1, 0.15) is 0 Å². The highest BCUT2D eigenvalue weighted by atomic mass is 32.2. The van der Waals surface area contributed by atoms with E-state index in [0.717, 1.165) is 24.0 Å². The van der Waals surface area contributed by atoms with E-state index in [0.29, 0.717) is 0 Å². The van der Waals surface area contributed by atoms with Crippen LogP contribution in [0.5, 0.6) is 0 Å². The van der Waals surface area contributed by atoms with E-state index in [2.05, 4.69) is 29.7 Å². The highest BCUT2D eigenvalue weighted by Gasteiger charge is 2.20. The number of hydrogen-bond acceptors (Lipinski definition) is 2. The van der Waals surface area contributed by atoms with Crippen molar-refractivity contribution in [3.8, 4) is 0 Å². The first-order chi connectivity index (χ1) is 11.0. The third kappa shape index (κ3) is 3.16. The average molecular weight is 328 g/mol. The fraction of sp³-hybridized carbons (Fsp3) is 0.222. The van der Waals surface area contributed by atoms with Crippen LogP contribution in [0, 0.1) is 0 Å². The molecule has 2 aromatic carbocycles. The molecule has 2 N–H and O–H groups in total. The summed E-state index contributed by atoms with van der Waals surface area (Å²) in [5, 5.41) is 6.56. The van der Waals surface area contributed by atoms with Gasteiger partial charge in [-0.1, -0.05) is 43.3 Å². The molecule has 0 radical (unpaired) electrons. The van der Waals surface area contributed by atoms with Crippen LogP contribution in [0.1, 0.15) is 24.8 Å². The lowest BCUT2D eigenvalue weighted by Gasteiger charge is -2.19. The first-order valence-corrected chi connectivity index (χ1v) is 9.21. The molecular weight excluding hydrogens is 308 g/mol. The number of nitrogens with zero attached hydrogens (tertiary/aromatic N) is 1. The molecule has 0 fully saturated rings. The summed E-state index contributed by atoms with van der Waals surface area (Å²) in [4.78, 5) is 0.225. The van der Waals surface area contributed by atoms with Crippen LogP contribution in [0.4, 0.5) is 0 Å². The average Bonchev–Trinajstić information content (AvgIpc) is 2.95. The second-order valence-corrected chi connectivity index (χ2v) is 7.24. The lowest BCUT2D eigenvalue weighted by Crippen LogP contribution is -2.17. The lowest BCUT2D eigenvalue weighted by molar-refractivity contribution is 0.544. The van der Waals surface area contributed by atoms with Crippen LogP contribution in [-0.2, 0) is 16.6 Å². The van der Waals surface area contributed by atoms with Gasteiger partial charge in [-0.3, -0.25) is 0 Å². The zero-order valence-electron chi connectivity index (χ0n) is 13.0. The number of hydrogen-bond donors (Lipinski definition) is 1. The number of primary sulfonamides is 1. The molecule has 0 aliphatic rings. The van der Waals surface area contributed by atoms with Crippen molar-refractivity contribution < 1.29 is 8.42 Å². The van der Waals surface area contributed by atoms with Crippen LogP contribution >= 0.6 is 0 Å². The van der Waals surface area contributed by atoms with Gasteiger partial charge >= 0.3 is 0 Å². The minimum atomic E-state index is -3.72. The summed E-state index contributed by atoms with van der Waals surface area (Å²) in [6.07, 6.45) is 2.88. The van der Waals surface area contributed by atoms with Gasteiger partial charge in [-0.25, -0.2) is 13.6 Å². The van der Waals surface area contributed by atoms with E-state index in [-0.39, 0.29) is 10.8 Å². The summed E-state index contributed by atoms with van der Waals surface area (Å²) in [6, 6.07) is 17.3. The maximum absolute atomic E-state index is 11.9. The summed E-state index contributed by atoms with van der Waals surface area (Å²) in [6.45, 7) is 2.78. The SMILES string of the molecule is CC[C@H](Cn1ccc2ccccc21)c1ccccc1S(N)(=O)=O. The monoisotopic (exact) mass is 328 g/mol. The highest BCUT2D eigenvalue weighted by Crippen LogP contribution is 2.29. The normalized spacial score (nSPS) is 13.3. The van der Waals surface area contributed by atoms with Gasteiger partial charge in [-0.15, -0.1) is 0 Å². The predicted octanol–water partition coefficient (Wildman–Crippen LogP) is 3.48. The molecule has 5 heteroatoms. The third-order valence-electron chi connectivity index (χ3n) is 4.26. The van der Waals surface area contributed by atoms with Gasteiger partial charge in [0.2, 0.25) is 10.0 Å². The lowest BCUT2D eigenvalue weighted by atomic mass is 9.96. The number of sulfonamides is 1. The van der Waals surface area contributed by atoms with Crippen molar-refractivity contribution >= 4 is 20.9 Å². The number of para-hydroxylation sites is 1. The fourth-order valence-corrected chi connectivity index (χ4v) is 3.89. The second kappa shape index (κ2) is 6.18. The first kappa shape index (κ1) is 15.8. The Labute approximate surface area is 136 Å². The zero-order valence-corrected chi connectivity index (χ0v) is 13.8. The van der Waals surface area contributed by atoms with Crippen molar-refractivity contribution in [3.63, 3.8) is 0 Å². The molecule has 0 saturated carbocycles. The number of nitrogens with two attached hydrogens (primary N) is 1. The van der Waals surface area contributed by atoms with Crippen molar-refractivity contribution in [1.82, 2.24) is 4.57 Å². The van der Waals surface area contributed by atoms with Crippen LogP contribution in [0.3, 0.4) is 0 Å². The van der Waals surface area contributed by atoms with Gasteiger partial charge in [0, 0.05) is 24.2 Å². The molecule has 0 aliphatic heterocycles. The highest BCUT2D eigenvalue weighted by molar-refractivity contribution is 7.89. The van der Waals surface area contributed by atoms with Gasteiger partial charge in [0.25, 0.3) is 0 Å². The number of aromatic nitrogens is 1. The number of benzene rings is 2. The molecule has 0 aliphatic carbocycles. The third-order valence-corrected chi connectivity index (χ3v) is 5.24. The number of fused-ring (bicyclic) bond motifs is 1. The molecule has 1 atom stereocenters. The first-order valence-electron chi connectivity index (χ1n) is 7.66. The second-order valence-electron chi connectivity index (χ2n) is 5.71. The van der Waals surface area contributed by atoms with Crippen LogP contribution in [0.15, 0.2) is 65.7 Å². The van der Waals surface area contributed by atoms with Crippen LogP contribution < -0.4 is 5.14 Å². The van der Waals surface area contributed by atoms with Crippen LogP contribution in [0.25, 0.3) is 10.9 Å². The van der Waals surface area contributed by atoms with Crippen molar-refractivity contribution in [3.05, 3.63) is 66.4 Å². The van der Waals surface area contributed by atoms with Crippen molar-refractivity contribution in [2.45, 2.75) is 30.7 Å². The zero-order chi connectivity index (χ0) is 16.4. The Morgan fingerprint density at radius 1 is 1.04 bits per heavy atom. The quantitative estimate of drug-likeness (QED) is 0.779. The molecule has 0 spiro atoms. The Morgan fingerprint density at radius 2 is 1.74 bits per heavy atom. The molecule has 1 heterocycles. The van der Waals surface area contributed by atoms with Gasteiger partial charge < -0.3 is 4.57 Å². The van der Waals surface area contributed by atoms with Crippen molar-refractivity contribution in [2.24, 2.45) is 5.14 Å². The minimum absolute atomic E-state index is 0.0836. The predicted molar refractivity (Wildman–Crippen MR) is 92.8 cm³/mol. The smallest absolute Gasteiger partial charge is 0.238 e. The van der Waals surface area contributed by atoms with Crippen molar-refractivity contribution in [1.29, 1.82) is 0 Å². The Morgan fingerprint density at radius 3 is 2.48 bits per heavy atom. The van der Waals surface area contributed by atoms with E-state index in [9.17, 15) is 8.42 Å². The maximum Gasteiger partial charge on any atom is 0.238 e. The maximum atomic E-state index is 11.9. The molecule has 0 saturated heterocycles. The molecule has 120 valence electrons. The summed E-state index contributed by atoms with van der Waals surface area (Å²) in [5.41, 5.74) is 1.94.